The molecular weight excluding hydrogens is 344 g/mol. The van der Waals surface area contributed by atoms with Crippen molar-refractivity contribution in [1.82, 2.24) is 0 Å². The largest absolute Gasteiger partial charge is 0.465 e. The molecule has 146 valence electrons. The van der Waals surface area contributed by atoms with Gasteiger partial charge in [-0.1, -0.05) is 56.3 Å². The molecule has 2 aromatic rings. The molecule has 0 fully saturated rings. The lowest BCUT2D eigenvalue weighted by Gasteiger charge is -2.22. The predicted molar refractivity (Wildman–Crippen MR) is 103 cm³/mol. The van der Waals surface area contributed by atoms with Crippen LogP contribution >= 0.6 is 0 Å². The Hall–Kier alpha value is -2.37. The highest BCUT2D eigenvalue weighted by molar-refractivity contribution is 5.69. The van der Waals surface area contributed by atoms with Gasteiger partial charge in [-0.15, -0.1) is 0 Å². The maximum atomic E-state index is 12.0. The number of carbonyl (C=O) groups excluding carboxylic acids is 1. The van der Waals surface area contributed by atoms with Gasteiger partial charge in [0.1, 0.15) is 11.9 Å². The van der Waals surface area contributed by atoms with Crippen LogP contribution in [-0.4, -0.2) is 29.1 Å². The maximum absolute atomic E-state index is 12.0. The highest BCUT2D eigenvalue weighted by Crippen LogP contribution is 2.25. The van der Waals surface area contributed by atoms with E-state index in [0.717, 1.165) is 11.1 Å². The van der Waals surface area contributed by atoms with Gasteiger partial charge in [0.05, 0.1) is 13.0 Å². The second-order valence-electron chi connectivity index (χ2n) is 7.22. The molecule has 0 amide bonds. The molecule has 0 radical (unpaired) electrons. The van der Waals surface area contributed by atoms with Gasteiger partial charge in [0.25, 0.3) is 0 Å². The SMILES string of the molecule is CC(OC(=O)CCC(O)Oc1ccc(C(C)(C)CO)cc1)c1ccccc1. The minimum absolute atomic E-state index is 0.0410. The number of rotatable bonds is 9. The van der Waals surface area contributed by atoms with Crippen molar-refractivity contribution in [2.75, 3.05) is 6.61 Å². The molecule has 0 aliphatic carbocycles. The number of benzene rings is 2. The van der Waals surface area contributed by atoms with Crippen molar-refractivity contribution < 1.29 is 24.5 Å². The number of aliphatic hydroxyl groups excluding tert-OH is 2. The van der Waals surface area contributed by atoms with E-state index in [-0.39, 0.29) is 36.9 Å². The highest BCUT2D eigenvalue weighted by Gasteiger charge is 2.19. The predicted octanol–water partition coefficient (Wildman–Crippen LogP) is 3.74. The Labute approximate surface area is 160 Å². The summed E-state index contributed by atoms with van der Waals surface area (Å²) in [6.07, 6.45) is -1.22. The average molecular weight is 372 g/mol. The Kier molecular flexibility index (Phi) is 7.39. The topological polar surface area (TPSA) is 76.0 Å². The van der Waals surface area contributed by atoms with E-state index in [1.54, 1.807) is 12.1 Å². The number of aliphatic hydroxyl groups is 2. The lowest BCUT2D eigenvalue weighted by atomic mass is 9.86. The molecule has 0 bridgehead atoms. The zero-order valence-corrected chi connectivity index (χ0v) is 16.1. The summed E-state index contributed by atoms with van der Waals surface area (Å²) in [5.74, 6) is 0.125. The van der Waals surface area contributed by atoms with Crippen LogP contribution in [0.4, 0.5) is 0 Å². The fraction of sp³-hybridized carbons (Fsp3) is 0.409. The Morgan fingerprint density at radius 3 is 2.30 bits per heavy atom. The minimum atomic E-state index is -1.10. The third kappa shape index (κ3) is 6.38. The van der Waals surface area contributed by atoms with Crippen molar-refractivity contribution >= 4 is 5.97 Å². The molecule has 2 rings (SSSR count). The number of hydrogen-bond donors (Lipinski definition) is 2. The number of hydrogen-bond acceptors (Lipinski definition) is 5. The van der Waals surface area contributed by atoms with Crippen LogP contribution in [0, 0.1) is 0 Å². The van der Waals surface area contributed by atoms with Gasteiger partial charge in [0.2, 0.25) is 0 Å². The lowest BCUT2D eigenvalue weighted by molar-refractivity contribution is -0.150. The second kappa shape index (κ2) is 9.53. The summed E-state index contributed by atoms with van der Waals surface area (Å²) in [7, 11) is 0. The van der Waals surface area contributed by atoms with E-state index in [1.807, 2.05) is 63.2 Å². The Balaban J connectivity index is 1.78. The summed E-state index contributed by atoms with van der Waals surface area (Å²) in [6.45, 7) is 5.74. The molecule has 0 heterocycles. The summed E-state index contributed by atoms with van der Waals surface area (Å²) in [6, 6.07) is 16.7. The molecule has 0 saturated heterocycles. The second-order valence-corrected chi connectivity index (χ2v) is 7.22. The quantitative estimate of drug-likeness (QED) is 0.518. The first-order valence-electron chi connectivity index (χ1n) is 9.12. The third-order valence-corrected chi connectivity index (χ3v) is 4.48. The number of esters is 1. The van der Waals surface area contributed by atoms with Gasteiger partial charge in [0, 0.05) is 11.8 Å². The van der Waals surface area contributed by atoms with E-state index in [1.165, 1.54) is 0 Å². The summed E-state index contributed by atoms with van der Waals surface area (Å²) in [4.78, 5) is 12.0. The van der Waals surface area contributed by atoms with E-state index in [9.17, 15) is 15.0 Å². The molecule has 2 atom stereocenters. The molecule has 0 saturated carbocycles. The van der Waals surface area contributed by atoms with E-state index >= 15 is 0 Å². The smallest absolute Gasteiger partial charge is 0.306 e. The molecule has 2 unspecified atom stereocenters. The fourth-order valence-electron chi connectivity index (χ4n) is 2.58. The standard InChI is InChI=1S/C22H28O5/c1-16(17-7-5-4-6-8-17)26-20(24)13-14-21(25)27-19-11-9-18(10-12-19)22(2,3)15-23/h4-12,16,21,23,25H,13-15H2,1-3H3. The van der Waals surface area contributed by atoms with Crippen LogP contribution in [0.1, 0.15) is 50.8 Å². The van der Waals surface area contributed by atoms with Crippen LogP contribution in [0.2, 0.25) is 0 Å². The van der Waals surface area contributed by atoms with Crippen LogP contribution < -0.4 is 4.74 Å². The molecule has 2 N–H and O–H groups in total. The minimum Gasteiger partial charge on any atom is -0.465 e. The lowest BCUT2D eigenvalue weighted by Crippen LogP contribution is -2.22. The molecule has 2 aromatic carbocycles. The first-order valence-corrected chi connectivity index (χ1v) is 9.12. The summed E-state index contributed by atoms with van der Waals surface area (Å²) in [5, 5.41) is 19.4. The molecule has 5 nitrogen and oxygen atoms in total. The van der Waals surface area contributed by atoms with Gasteiger partial charge in [0.15, 0.2) is 6.29 Å². The molecule has 0 aliphatic heterocycles. The molecule has 0 spiro atoms. The molecule has 27 heavy (non-hydrogen) atoms. The van der Waals surface area contributed by atoms with E-state index in [0.29, 0.717) is 5.75 Å². The van der Waals surface area contributed by atoms with Gasteiger partial charge >= 0.3 is 5.97 Å². The normalized spacial score (nSPS) is 13.7. The van der Waals surface area contributed by atoms with E-state index < -0.39 is 6.29 Å². The van der Waals surface area contributed by atoms with Gasteiger partial charge < -0.3 is 19.7 Å². The van der Waals surface area contributed by atoms with Gasteiger partial charge in [-0.2, -0.15) is 0 Å². The third-order valence-electron chi connectivity index (χ3n) is 4.48. The Morgan fingerprint density at radius 2 is 1.70 bits per heavy atom. The zero-order valence-electron chi connectivity index (χ0n) is 16.1. The highest BCUT2D eigenvalue weighted by atomic mass is 16.6. The van der Waals surface area contributed by atoms with Crippen LogP contribution in [0.25, 0.3) is 0 Å². The molecular formula is C22H28O5. The van der Waals surface area contributed by atoms with Crippen molar-refractivity contribution in [2.24, 2.45) is 0 Å². The molecule has 0 aromatic heterocycles. The monoisotopic (exact) mass is 372 g/mol. The maximum Gasteiger partial charge on any atom is 0.306 e. The Bertz CT molecular complexity index is 709. The van der Waals surface area contributed by atoms with Crippen molar-refractivity contribution in [3.05, 3.63) is 65.7 Å². The first-order chi connectivity index (χ1) is 12.8. The van der Waals surface area contributed by atoms with Gasteiger partial charge in [-0.25, -0.2) is 0 Å². The fourth-order valence-corrected chi connectivity index (χ4v) is 2.58. The Morgan fingerprint density at radius 1 is 1.07 bits per heavy atom. The van der Waals surface area contributed by atoms with Gasteiger partial charge in [-0.05, 0) is 30.2 Å². The van der Waals surface area contributed by atoms with Crippen molar-refractivity contribution in [3.8, 4) is 5.75 Å². The number of carbonyl (C=O) groups is 1. The zero-order chi connectivity index (χ0) is 19.9. The van der Waals surface area contributed by atoms with Crippen LogP contribution in [-0.2, 0) is 14.9 Å². The van der Waals surface area contributed by atoms with Crippen LogP contribution in [0.5, 0.6) is 5.75 Å². The van der Waals surface area contributed by atoms with Crippen molar-refractivity contribution in [3.63, 3.8) is 0 Å². The van der Waals surface area contributed by atoms with E-state index in [2.05, 4.69) is 0 Å². The number of ether oxygens (including phenoxy) is 2. The average Bonchev–Trinajstić information content (AvgIpc) is 2.67. The van der Waals surface area contributed by atoms with Crippen LogP contribution in [0.15, 0.2) is 54.6 Å². The molecule has 5 heteroatoms. The first kappa shape index (κ1) is 20.9. The van der Waals surface area contributed by atoms with E-state index in [4.69, 9.17) is 9.47 Å². The van der Waals surface area contributed by atoms with Crippen LogP contribution in [0.3, 0.4) is 0 Å². The van der Waals surface area contributed by atoms with Gasteiger partial charge in [-0.3, -0.25) is 4.79 Å². The molecule has 0 aliphatic rings. The van der Waals surface area contributed by atoms with Crippen molar-refractivity contribution in [2.45, 2.75) is 51.4 Å². The summed E-state index contributed by atoms with van der Waals surface area (Å²) < 4.78 is 10.8. The van der Waals surface area contributed by atoms with Crippen molar-refractivity contribution in [1.29, 1.82) is 0 Å². The summed E-state index contributed by atoms with van der Waals surface area (Å²) in [5.41, 5.74) is 1.56. The summed E-state index contributed by atoms with van der Waals surface area (Å²) >= 11 is 0.